The van der Waals surface area contributed by atoms with Gasteiger partial charge in [0.2, 0.25) is 5.91 Å². The van der Waals surface area contributed by atoms with Gasteiger partial charge in [-0.2, -0.15) is 0 Å². The Bertz CT molecular complexity index is 563. The van der Waals surface area contributed by atoms with Gasteiger partial charge in [-0.1, -0.05) is 6.92 Å². The van der Waals surface area contributed by atoms with Crippen LogP contribution in [0.3, 0.4) is 0 Å². The lowest BCUT2D eigenvalue weighted by Crippen LogP contribution is -2.48. The number of hydrogen-bond donors (Lipinski definition) is 2. The summed E-state index contributed by atoms with van der Waals surface area (Å²) in [6.07, 6.45) is 0. The Morgan fingerprint density at radius 2 is 1.87 bits per heavy atom. The zero-order chi connectivity index (χ0) is 16.2. The molecule has 1 aromatic carbocycles. The Labute approximate surface area is 136 Å². The van der Waals surface area contributed by atoms with Crippen molar-refractivity contribution in [3.63, 3.8) is 0 Å². The fourth-order valence-corrected chi connectivity index (χ4v) is 2.78. The van der Waals surface area contributed by atoms with Gasteiger partial charge in [-0.25, -0.2) is 0 Å². The number of carbonyl (C=O) groups is 2. The highest BCUT2D eigenvalue weighted by Gasteiger charge is 2.28. The number of ether oxygens (including phenoxy) is 1. The van der Waals surface area contributed by atoms with E-state index in [9.17, 15) is 9.59 Å². The van der Waals surface area contributed by atoms with Crippen LogP contribution in [0.4, 0.5) is 5.69 Å². The van der Waals surface area contributed by atoms with Crippen molar-refractivity contribution < 1.29 is 14.3 Å². The molecule has 3 rings (SSSR count). The topological polar surface area (TPSA) is 70.7 Å². The third-order valence-corrected chi connectivity index (χ3v) is 4.63. The minimum atomic E-state index is -0.00842. The van der Waals surface area contributed by atoms with Crippen LogP contribution in [0.5, 0.6) is 0 Å². The Balaban J connectivity index is 1.58. The monoisotopic (exact) mass is 317 g/mol. The maximum absolute atomic E-state index is 12.4. The van der Waals surface area contributed by atoms with Gasteiger partial charge in [-0.15, -0.1) is 0 Å². The number of nitrogens with one attached hydrogen (secondary N) is 2. The first kappa shape index (κ1) is 16.0. The van der Waals surface area contributed by atoms with Crippen molar-refractivity contribution in [2.24, 2.45) is 11.8 Å². The summed E-state index contributed by atoms with van der Waals surface area (Å²) in [6.45, 7) is 6.20. The first-order valence-corrected chi connectivity index (χ1v) is 8.14. The van der Waals surface area contributed by atoms with Gasteiger partial charge in [0.05, 0.1) is 13.2 Å². The molecular formula is C17H23N3O3. The average molecular weight is 317 g/mol. The lowest BCUT2D eigenvalue weighted by Gasteiger charge is -2.31. The van der Waals surface area contributed by atoms with Crippen LogP contribution in [-0.2, 0) is 9.53 Å². The lowest BCUT2D eigenvalue weighted by atomic mass is 9.88. The summed E-state index contributed by atoms with van der Waals surface area (Å²) in [6, 6.07) is 7.11. The Morgan fingerprint density at radius 3 is 2.43 bits per heavy atom. The molecule has 2 aliphatic rings. The van der Waals surface area contributed by atoms with E-state index in [1.54, 1.807) is 29.2 Å². The second-order valence-corrected chi connectivity index (χ2v) is 6.18. The molecule has 1 aromatic rings. The molecule has 0 bridgehead atoms. The molecule has 6 nitrogen and oxygen atoms in total. The molecule has 2 aliphatic heterocycles. The molecule has 23 heavy (non-hydrogen) atoms. The summed E-state index contributed by atoms with van der Waals surface area (Å²) in [7, 11) is 0. The lowest BCUT2D eigenvalue weighted by molar-refractivity contribution is -0.121. The Hall–Kier alpha value is -1.92. The van der Waals surface area contributed by atoms with E-state index in [2.05, 4.69) is 10.6 Å². The van der Waals surface area contributed by atoms with Gasteiger partial charge in [-0.05, 0) is 43.3 Å². The number of benzene rings is 1. The molecule has 0 aliphatic carbocycles. The minimum Gasteiger partial charge on any atom is -0.378 e. The van der Waals surface area contributed by atoms with E-state index in [4.69, 9.17) is 4.74 Å². The van der Waals surface area contributed by atoms with Crippen LogP contribution in [-0.4, -0.2) is 56.1 Å². The molecular weight excluding hydrogens is 294 g/mol. The van der Waals surface area contributed by atoms with E-state index in [-0.39, 0.29) is 17.7 Å². The van der Waals surface area contributed by atoms with Gasteiger partial charge < -0.3 is 20.3 Å². The van der Waals surface area contributed by atoms with Crippen molar-refractivity contribution in [2.45, 2.75) is 6.92 Å². The van der Waals surface area contributed by atoms with Crippen molar-refractivity contribution >= 4 is 17.5 Å². The van der Waals surface area contributed by atoms with E-state index in [0.29, 0.717) is 37.8 Å². The highest BCUT2D eigenvalue weighted by molar-refractivity contribution is 5.96. The van der Waals surface area contributed by atoms with Crippen LogP contribution < -0.4 is 10.6 Å². The molecule has 2 saturated heterocycles. The van der Waals surface area contributed by atoms with Gasteiger partial charge in [0, 0.05) is 30.3 Å². The number of anilines is 1. The number of nitrogens with zero attached hydrogens (tertiary/aromatic N) is 1. The van der Waals surface area contributed by atoms with Gasteiger partial charge in [0.25, 0.3) is 5.91 Å². The Morgan fingerprint density at radius 1 is 1.22 bits per heavy atom. The van der Waals surface area contributed by atoms with Crippen LogP contribution in [0.15, 0.2) is 24.3 Å². The summed E-state index contributed by atoms with van der Waals surface area (Å²) in [5.41, 5.74) is 1.37. The molecule has 0 radical (unpaired) electrons. The van der Waals surface area contributed by atoms with Gasteiger partial charge >= 0.3 is 0 Å². The SMILES string of the molecule is CC(C(=O)Nc1ccc(C(=O)N2CCOCC2)cc1)C1CNC1. The molecule has 0 saturated carbocycles. The Kier molecular flexibility index (Phi) is 4.93. The van der Waals surface area contributed by atoms with E-state index in [1.165, 1.54) is 0 Å². The minimum absolute atomic E-state index is 0.00842. The third-order valence-electron chi connectivity index (χ3n) is 4.63. The molecule has 0 aromatic heterocycles. The fourth-order valence-electron chi connectivity index (χ4n) is 2.78. The molecule has 0 spiro atoms. The number of morpholine rings is 1. The molecule has 2 N–H and O–H groups in total. The van der Waals surface area contributed by atoms with Gasteiger partial charge in [0.15, 0.2) is 0 Å². The summed E-state index contributed by atoms with van der Waals surface area (Å²) in [4.78, 5) is 26.3. The van der Waals surface area contributed by atoms with Crippen LogP contribution in [0.2, 0.25) is 0 Å². The largest absolute Gasteiger partial charge is 0.378 e. The molecule has 2 heterocycles. The molecule has 1 unspecified atom stereocenters. The highest BCUT2D eigenvalue weighted by Crippen LogP contribution is 2.19. The van der Waals surface area contributed by atoms with E-state index in [1.807, 2.05) is 6.92 Å². The zero-order valence-corrected chi connectivity index (χ0v) is 13.4. The molecule has 1 atom stereocenters. The molecule has 124 valence electrons. The first-order chi connectivity index (χ1) is 11.1. The van der Waals surface area contributed by atoms with Gasteiger partial charge in [0.1, 0.15) is 0 Å². The molecule has 2 amide bonds. The smallest absolute Gasteiger partial charge is 0.254 e. The second-order valence-electron chi connectivity index (χ2n) is 6.18. The number of carbonyl (C=O) groups excluding carboxylic acids is 2. The van der Waals surface area contributed by atoms with Crippen molar-refractivity contribution in [1.29, 1.82) is 0 Å². The predicted octanol–water partition coefficient (Wildman–Crippen LogP) is 0.953. The summed E-state index contributed by atoms with van der Waals surface area (Å²) in [5, 5.41) is 6.11. The summed E-state index contributed by atoms with van der Waals surface area (Å²) < 4.78 is 5.26. The first-order valence-electron chi connectivity index (χ1n) is 8.14. The third kappa shape index (κ3) is 3.71. The second kappa shape index (κ2) is 7.10. The van der Waals surface area contributed by atoms with Crippen LogP contribution in [0.1, 0.15) is 17.3 Å². The van der Waals surface area contributed by atoms with Crippen LogP contribution in [0, 0.1) is 11.8 Å². The van der Waals surface area contributed by atoms with Crippen molar-refractivity contribution in [2.75, 3.05) is 44.7 Å². The number of rotatable bonds is 4. The van der Waals surface area contributed by atoms with E-state index >= 15 is 0 Å². The van der Waals surface area contributed by atoms with E-state index < -0.39 is 0 Å². The maximum atomic E-state index is 12.4. The molecule has 6 heteroatoms. The number of amides is 2. The number of hydrogen-bond acceptors (Lipinski definition) is 4. The fraction of sp³-hybridized carbons (Fsp3) is 0.529. The normalized spacial score (nSPS) is 19.8. The summed E-state index contributed by atoms with van der Waals surface area (Å²) >= 11 is 0. The van der Waals surface area contributed by atoms with E-state index in [0.717, 1.165) is 18.8 Å². The maximum Gasteiger partial charge on any atom is 0.254 e. The average Bonchev–Trinajstić information content (AvgIpc) is 2.54. The molecule has 2 fully saturated rings. The highest BCUT2D eigenvalue weighted by atomic mass is 16.5. The zero-order valence-electron chi connectivity index (χ0n) is 13.4. The quantitative estimate of drug-likeness (QED) is 0.867. The van der Waals surface area contributed by atoms with Crippen LogP contribution >= 0.6 is 0 Å². The van der Waals surface area contributed by atoms with Crippen molar-refractivity contribution in [3.05, 3.63) is 29.8 Å². The van der Waals surface area contributed by atoms with Gasteiger partial charge in [-0.3, -0.25) is 9.59 Å². The predicted molar refractivity (Wildman–Crippen MR) is 87.3 cm³/mol. The van der Waals surface area contributed by atoms with Crippen molar-refractivity contribution in [3.8, 4) is 0 Å². The standard InChI is InChI=1S/C17H23N3O3/c1-12(14-10-18-11-14)16(21)19-15-4-2-13(3-5-15)17(22)20-6-8-23-9-7-20/h2-5,12,14,18H,6-11H2,1H3,(H,19,21). The summed E-state index contributed by atoms with van der Waals surface area (Å²) in [5.74, 6) is 0.451. The van der Waals surface area contributed by atoms with Crippen LogP contribution in [0.25, 0.3) is 0 Å². The van der Waals surface area contributed by atoms with Crippen molar-refractivity contribution in [1.82, 2.24) is 10.2 Å².